The van der Waals surface area contributed by atoms with Crippen LogP contribution in [0.25, 0.3) is 0 Å². The van der Waals surface area contributed by atoms with Gasteiger partial charge in [-0.3, -0.25) is 14.9 Å². The fourth-order valence-electron chi connectivity index (χ4n) is 2.96. The van der Waals surface area contributed by atoms with Crippen molar-refractivity contribution >= 4 is 17.3 Å². The lowest BCUT2D eigenvalue weighted by Crippen LogP contribution is -3.28. The van der Waals surface area contributed by atoms with Gasteiger partial charge in [0.25, 0.3) is 11.6 Å². The molecule has 1 aromatic carbocycles. The Morgan fingerprint density at radius 1 is 1.17 bits per heavy atom. The zero-order valence-corrected chi connectivity index (χ0v) is 14.1. The molecule has 1 amide bonds. The minimum atomic E-state index is -0.446. The number of nitro groups is 1. The molecule has 1 aromatic rings. The molecule has 1 fully saturated rings. The molecule has 7 heteroatoms. The second-order valence-electron chi connectivity index (χ2n) is 6.29. The molecule has 23 heavy (non-hydrogen) atoms. The number of hydrogen-bond acceptors (Lipinski definition) is 3. The highest BCUT2D eigenvalue weighted by Gasteiger charge is 2.25. The monoisotopic (exact) mass is 322 g/mol. The first-order valence-corrected chi connectivity index (χ1v) is 8.13. The summed E-state index contributed by atoms with van der Waals surface area (Å²) in [4.78, 5) is 25.8. The number of carbonyl (C=O) groups excluding carboxylic acids is 1. The Labute approximate surface area is 136 Å². The first-order chi connectivity index (χ1) is 10.9. The summed E-state index contributed by atoms with van der Waals surface area (Å²) in [5, 5.41) is 13.9. The summed E-state index contributed by atoms with van der Waals surface area (Å²) in [7, 11) is 0. The van der Waals surface area contributed by atoms with Crippen molar-refractivity contribution in [2.45, 2.75) is 20.8 Å². The van der Waals surface area contributed by atoms with Gasteiger partial charge in [0.1, 0.15) is 31.9 Å². The number of piperazine rings is 1. The Morgan fingerprint density at radius 3 is 2.30 bits per heavy atom. The van der Waals surface area contributed by atoms with Gasteiger partial charge < -0.3 is 15.1 Å². The molecule has 0 bridgehead atoms. The Kier molecular flexibility index (Phi) is 5.68. The van der Waals surface area contributed by atoms with Crippen LogP contribution in [0.15, 0.2) is 12.1 Å². The lowest BCUT2D eigenvalue weighted by Gasteiger charge is -2.28. The van der Waals surface area contributed by atoms with Crippen LogP contribution in [0.4, 0.5) is 11.4 Å². The zero-order valence-electron chi connectivity index (χ0n) is 14.1. The largest absolute Gasteiger partial charge is 0.326 e. The molecule has 0 aromatic heterocycles. The van der Waals surface area contributed by atoms with Gasteiger partial charge >= 0.3 is 0 Å². The van der Waals surface area contributed by atoms with Gasteiger partial charge in [-0.15, -0.1) is 0 Å². The van der Waals surface area contributed by atoms with E-state index in [1.807, 2.05) is 13.8 Å². The summed E-state index contributed by atoms with van der Waals surface area (Å²) in [6, 6.07) is 3.20. The third-order valence-electron chi connectivity index (χ3n) is 4.66. The molecule has 1 aliphatic rings. The highest BCUT2D eigenvalue weighted by atomic mass is 16.6. The maximum absolute atomic E-state index is 12.2. The molecule has 0 saturated carbocycles. The van der Waals surface area contributed by atoms with Crippen molar-refractivity contribution < 1.29 is 19.5 Å². The number of anilines is 1. The molecule has 3 N–H and O–H groups in total. The van der Waals surface area contributed by atoms with Crippen molar-refractivity contribution in [1.29, 1.82) is 0 Å². The number of benzene rings is 1. The normalized spacial score (nSPS) is 21.0. The topological polar surface area (TPSA) is 81.1 Å². The summed E-state index contributed by atoms with van der Waals surface area (Å²) in [6.07, 6.45) is 0. The number of carbonyl (C=O) groups is 1. The zero-order chi connectivity index (χ0) is 17.0. The van der Waals surface area contributed by atoms with E-state index in [1.165, 1.54) is 11.0 Å². The number of aryl methyl sites for hydroxylation is 2. The van der Waals surface area contributed by atoms with E-state index in [1.54, 1.807) is 11.0 Å². The van der Waals surface area contributed by atoms with Crippen molar-refractivity contribution in [2.24, 2.45) is 0 Å². The number of hydrogen-bond donors (Lipinski definition) is 3. The average Bonchev–Trinajstić information content (AvgIpc) is 2.51. The molecular weight excluding hydrogens is 296 g/mol. The molecule has 0 unspecified atom stereocenters. The number of amides is 1. The Morgan fingerprint density at radius 2 is 1.74 bits per heavy atom. The summed E-state index contributed by atoms with van der Waals surface area (Å²) in [6.45, 7) is 11.4. The van der Waals surface area contributed by atoms with Crippen LogP contribution in [-0.2, 0) is 4.79 Å². The lowest BCUT2D eigenvalue weighted by molar-refractivity contribution is -1.01. The van der Waals surface area contributed by atoms with E-state index in [2.05, 4.69) is 12.2 Å². The van der Waals surface area contributed by atoms with Crippen molar-refractivity contribution in [3.63, 3.8) is 0 Å². The van der Waals surface area contributed by atoms with E-state index >= 15 is 0 Å². The third-order valence-corrected chi connectivity index (χ3v) is 4.66. The van der Waals surface area contributed by atoms with Crippen molar-refractivity contribution in [1.82, 2.24) is 0 Å². The summed E-state index contributed by atoms with van der Waals surface area (Å²) in [5.74, 6) is -0.161. The van der Waals surface area contributed by atoms with Crippen LogP contribution in [0.1, 0.15) is 18.1 Å². The third kappa shape index (κ3) is 4.49. The smallest absolute Gasteiger partial charge is 0.293 e. The van der Waals surface area contributed by atoms with Gasteiger partial charge in [-0.1, -0.05) is 0 Å². The maximum atomic E-state index is 12.2. The molecule has 126 valence electrons. The standard InChI is InChI=1S/C16H24N4O3/c1-4-18-5-7-19(8-6-18)11-16(21)17-14-9-12(2)13(3)10-15(14)20(22)23/h9-10H,4-8,11H2,1-3H3,(H,17,21)/p+2. The summed E-state index contributed by atoms with van der Waals surface area (Å²) >= 11 is 0. The van der Waals surface area contributed by atoms with Crippen molar-refractivity contribution in [3.8, 4) is 0 Å². The van der Waals surface area contributed by atoms with Crippen LogP contribution in [0.2, 0.25) is 0 Å². The summed E-state index contributed by atoms with van der Waals surface area (Å²) in [5.41, 5.74) is 2.02. The molecule has 1 aliphatic heterocycles. The highest BCUT2D eigenvalue weighted by Crippen LogP contribution is 2.27. The van der Waals surface area contributed by atoms with Gasteiger partial charge in [-0.05, 0) is 38.0 Å². The fraction of sp³-hybridized carbons (Fsp3) is 0.562. The van der Waals surface area contributed by atoms with E-state index in [4.69, 9.17) is 0 Å². The Balaban J connectivity index is 2.00. The Hall–Kier alpha value is -1.99. The molecule has 1 heterocycles. The molecule has 0 atom stereocenters. The molecule has 1 saturated heterocycles. The fourth-order valence-corrected chi connectivity index (χ4v) is 2.96. The van der Waals surface area contributed by atoms with E-state index < -0.39 is 4.92 Å². The van der Waals surface area contributed by atoms with Crippen LogP contribution >= 0.6 is 0 Å². The van der Waals surface area contributed by atoms with Crippen LogP contribution in [0.5, 0.6) is 0 Å². The summed E-state index contributed by atoms with van der Waals surface area (Å²) < 4.78 is 0. The van der Waals surface area contributed by atoms with Gasteiger partial charge in [0.2, 0.25) is 0 Å². The van der Waals surface area contributed by atoms with Crippen LogP contribution in [-0.4, -0.2) is 50.1 Å². The van der Waals surface area contributed by atoms with Gasteiger partial charge in [0.15, 0.2) is 6.54 Å². The van der Waals surface area contributed by atoms with E-state index in [9.17, 15) is 14.9 Å². The number of rotatable bonds is 5. The van der Waals surface area contributed by atoms with E-state index in [0.29, 0.717) is 12.2 Å². The average molecular weight is 322 g/mol. The van der Waals surface area contributed by atoms with Crippen LogP contribution in [0.3, 0.4) is 0 Å². The molecular formula is C16H26N4O3+2. The number of nitro benzene ring substituents is 1. The number of nitrogens with one attached hydrogen (secondary N) is 3. The molecule has 0 aliphatic carbocycles. The number of quaternary nitrogens is 2. The van der Waals surface area contributed by atoms with Gasteiger partial charge in [-0.25, -0.2) is 0 Å². The first kappa shape index (κ1) is 17.4. The molecule has 7 nitrogen and oxygen atoms in total. The highest BCUT2D eigenvalue weighted by molar-refractivity contribution is 5.94. The van der Waals surface area contributed by atoms with E-state index in [-0.39, 0.29) is 11.6 Å². The molecule has 0 spiro atoms. The van der Waals surface area contributed by atoms with Gasteiger partial charge in [0, 0.05) is 6.07 Å². The minimum Gasteiger partial charge on any atom is -0.326 e. The first-order valence-electron chi connectivity index (χ1n) is 8.13. The Bertz CT molecular complexity index is 595. The number of nitrogens with zero attached hydrogens (tertiary/aromatic N) is 1. The second kappa shape index (κ2) is 7.52. The van der Waals surface area contributed by atoms with Gasteiger partial charge in [0.05, 0.1) is 11.5 Å². The van der Waals surface area contributed by atoms with E-state index in [0.717, 1.165) is 43.9 Å². The van der Waals surface area contributed by atoms with Crippen LogP contribution in [0, 0.1) is 24.0 Å². The molecule has 2 rings (SSSR count). The maximum Gasteiger partial charge on any atom is 0.293 e. The number of likely N-dealkylation sites (N-methyl/N-ethyl adjacent to an activating group) is 1. The van der Waals surface area contributed by atoms with Crippen LogP contribution < -0.4 is 15.1 Å². The minimum absolute atomic E-state index is 0.0447. The predicted octanol–water partition coefficient (Wildman–Crippen LogP) is -1.05. The van der Waals surface area contributed by atoms with Gasteiger partial charge in [-0.2, -0.15) is 0 Å². The van der Waals surface area contributed by atoms with Crippen molar-refractivity contribution in [3.05, 3.63) is 33.4 Å². The second-order valence-corrected chi connectivity index (χ2v) is 6.29. The molecule has 0 radical (unpaired) electrons. The SMILES string of the molecule is CC[NH+]1CC[NH+](CC(=O)Nc2cc(C)c(C)cc2[N+](=O)[O-])CC1. The van der Waals surface area contributed by atoms with Crippen molar-refractivity contribution in [2.75, 3.05) is 44.6 Å². The quantitative estimate of drug-likeness (QED) is 0.478. The lowest BCUT2D eigenvalue weighted by atomic mass is 10.1. The predicted molar refractivity (Wildman–Crippen MR) is 88.0 cm³/mol.